The van der Waals surface area contributed by atoms with Gasteiger partial charge in [0.25, 0.3) is 0 Å². The number of nitrogens with zero attached hydrogens (tertiary/aromatic N) is 1. The topological polar surface area (TPSA) is 52.6 Å². The fourth-order valence-corrected chi connectivity index (χ4v) is 2.17. The second-order valence-electron chi connectivity index (χ2n) is 4.60. The molecule has 4 nitrogen and oxygen atoms in total. The third kappa shape index (κ3) is 3.01. The van der Waals surface area contributed by atoms with Crippen molar-refractivity contribution in [1.82, 2.24) is 5.32 Å². The Bertz CT molecular complexity index is 403. The lowest BCUT2D eigenvalue weighted by Crippen LogP contribution is -2.28. The number of carbonyl (C=O) groups is 1. The number of anilines is 1. The molecule has 0 bridgehead atoms. The van der Waals surface area contributed by atoms with Crippen LogP contribution in [0.3, 0.4) is 0 Å². The van der Waals surface area contributed by atoms with Crippen molar-refractivity contribution in [3.05, 3.63) is 29.8 Å². The molecule has 18 heavy (non-hydrogen) atoms. The van der Waals surface area contributed by atoms with Gasteiger partial charge in [0.1, 0.15) is 0 Å². The van der Waals surface area contributed by atoms with Gasteiger partial charge >= 0.3 is 0 Å². The average molecular weight is 248 g/mol. The summed E-state index contributed by atoms with van der Waals surface area (Å²) in [6, 6.07) is 7.96. The van der Waals surface area contributed by atoms with E-state index in [4.69, 9.17) is 0 Å². The van der Waals surface area contributed by atoms with Gasteiger partial charge in [0.05, 0.1) is 6.10 Å². The van der Waals surface area contributed by atoms with E-state index in [2.05, 4.69) is 10.2 Å². The molecule has 1 aliphatic rings. The molecule has 1 aliphatic heterocycles. The molecule has 1 aromatic carbocycles. The van der Waals surface area contributed by atoms with E-state index in [1.165, 1.54) is 0 Å². The molecular weight excluding hydrogens is 228 g/mol. The maximum absolute atomic E-state index is 11.3. The Morgan fingerprint density at radius 1 is 1.33 bits per heavy atom. The largest absolute Gasteiger partial charge is 0.388 e. The van der Waals surface area contributed by atoms with Crippen LogP contribution in [0.2, 0.25) is 0 Å². The first-order chi connectivity index (χ1) is 8.70. The van der Waals surface area contributed by atoms with Crippen LogP contribution in [0.1, 0.15) is 31.4 Å². The SMILES string of the molecule is CCC(O)c1ccc(N2CCNC(=O)CC2)cc1. The molecule has 1 unspecified atom stereocenters. The summed E-state index contributed by atoms with van der Waals surface area (Å²) in [4.78, 5) is 13.5. The lowest BCUT2D eigenvalue weighted by Gasteiger charge is -2.22. The van der Waals surface area contributed by atoms with Gasteiger partial charge in [-0.15, -0.1) is 0 Å². The van der Waals surface area contributed by atoms with Gasteiger partial charge in [-0.05, 0) is 24.1 Å². The third-order valence-electron chi connectivity index (χ3n) is 3.34. The van der Waals surface area contributed by atoms with Crippen LogP contribution in [-0.2, 0) is 4.79 Å². The van der Waals surface area contributed by atoms with Crippen molar-refractivity contribution in [2.75, 3.05) is 24.5 Å². The van der Waals surface area contributed by atoms with Gasteiger partial charge in [-0.1, -0.05) is 19.1 Å². The number of aliphatic hydroxyl groups is 1. The number of aliphatic hydroxyl groups excluding tert-OH is 1. The van der Waals surface area contributed by atoms with Gasteiger partial charge in [0, 0.05) is 31.7 Å². The van der Waals surface area contributed by atoms with Gasteiger partial charge in [-0.3, -0.25) is 4.79 Å². The molecule has 4 heteroatoms. The summed E-state index contributed by atoms with van der Waals surface area (Å²) < 4.78 is 0. The van der Waals surface area contributed by atoms with E-state index in [0.29, 0.717) is 13.0 Å². The summed E-state index contributed by atoms with van der Waals surface area (Å²) in [5, 5.41) is 12.6. The minimum atomic E-state index is -0.383. The number of benzene rings is 1. The summed E-state index contributed by atoms with van der Waals surface area (Å²) in [6.45, 7) is 4.24. The average Bonchev–Trinajstić information content (AvgIpc) is 2.63. The number of amides is 1. The van der Waals surface area contributed by atoms with Crippen LogP contribution in [0.5, 0.6) is 0 Å². The molecule has 1 atom stereocenters. The summed E-state index contributed by atoms with van der Waals surface area (Å²) in [5.74, 6) is 0.121. The fourth-order valence-electron chi connectivity index (χ4n) is 2.17. The quantitative estimate of drug-likeness (QED) is 0.851. The maximum Gasteiger partial charge on any atom is 0.221 e. The van der Waals surface area contributed by atoms with E-state index in [-0.39, 0.29) is 12.0 Å². The molecule has 98 valence electrons. The Morgan fingerprint density at radius 3 is 2.72 bits per heavy atom. The number of hydrogen-bond acceptors (Lipinski definition) is 3. The molecule has 0 aromatic heterocycles. The molecule has 2 N–H and O–H groups in total. The highest BCUT2D eigenvalue weighted by Gasteiger charge is 2.14. The molecule has 1 fully saturated rings. The smallest absolute Gasteiger partial charge is 0.221 e. The second-order valence-corrected chi connectivity index (χ2v) is 4.60. The first kappa shape index (κ1) is 12.9. The monoisotopic (exact) mass is 248 g/mol. The van der Waals surface area contributed by atoms with Crippen molar-refractivity contribution < 1.29 is 9.90 Å². The second kappa shape index (κ2) is 5.87. The van der Waals surface area contributed by atoms with E-state index < -0.39 is 0 Å². The molecule has 1 amide bonds. The minimum Gasteiger partial charge on any atom is -0.388 e. The number of hydrogen-bond donors (Lipinski definition) is 2. The molecule has 2 rings (SSSR count). The fraction of sp³-hybridized carbons (Fsp3) is 0.500. The van der Waals surface area contributed by atoms with E-state index in [1.807, 2.05) is 31.2 Å². The van der Waals surface area contributed by atoms with Crippen molar-refractivity contribution in [2.45, 2.75) is 25.9 Å². The van der Waals surface area contributed by atoms with Gasteiger partial charge in [0.15, 0.2) is 0 Å². The van der Waals surface area contributed by atoms with Crippen molar-refractivity contribution in [3.63, 3.8) is 0 Å². The molecule has 0 radical (unpaired) electrons. The minimum absolute atomic E-state index is 0.121. The van der Waals surface area contributed by atoms with Gasteiger partial charge in [-0.2, -0.15) is 0 Å². The number of rotatable bonds is 3. The van der Waals surface area contributed by atoms with Crippen LogP contribution in [0.4, 0.5) is 5.69 Å². The summed E-state index contributed by atoms with van der Waals surface area (Å²) in [5.41, 5.74) is 2.06. The predicted molar refractivity (Wildman–Crippen MR) is 71.5 cm³/mol. The van der Waals surface area contributed by atoms with Gasteiger partial charge < -0.3 is 15.3 Å². The van der Waals surface area contributed by atoms with Crippen molar-refractivity contribution >= 4 is 11.6 Å². The first-order valence-electron chi connectivity index (χ1n) is 6.50. The molecule has 1 saturated heterocycles. The molecule has 0 aliphatic carbocycles. The Labute approximate surface area is 108 Å². The van der Waals surface area contributed by atoms with E-state index >= 15 is 0 Å². The van der Waals surface area contributed by atoms with Crippen LogP contribution in [0.25, 0.3) is 0 Å². The molecule has 0 saturated carbocycles. The standard InChI is InChI=1S/C14H20N2O2/c1-2-13(17)11-3-5-12(6-4-11)16-9-7-14(18)15-8-10-16/h3-6,13,17H,2,7-10H2,1H3,(H,15,18). The van der Waals surface area contributed by atoms with Crippen LogP contribution in [-0.4, -0.2) is 30.6 Å². The zero-order valence-corrected chi connectivity index (χ0v) is 10.7. The highest BCUT2D eigenvalue weighted by molar-refractivity contribution is 5.77. The number of nitrogens with one attached hydrogen (secondary N) is 1. The molecule has 1 heterocycles. The zero-order valence-electron chi connectivity index (χ0n) is 10.7. The molecule has 0 spiro atoms. The van der Waals surface area contributed by atoms with Crippen LogP contribution >= 0.6 is 0 Å². The van der Waals surface area contributed by atoms with Crippen LogP contribution < -0.4 is 10.2 Å². The normalized spacial score (nSPS) is 18.1. The summed E-state index contributed by atoms with van der Waals surface area (Å²) in [7, 11) is 0. The Balaban J connectivity index is 2.06. The lowest BCUT2D eigenvalue weighted by molar-refractivity contribution is -0.120. The van der Waals surface area contributed by atoms with Crippen molar-refractivity contribution in [3.8, 4) is 0 Å². The summed E-state index contributed by atoms with van der Waals surface area (Å²) >= 11 is 0. The van der Waals surface area contributed by atoms with Gasteiger partial charge in [0.2, 0.25) is 5.91 Å². The summed E-state index contributed by atoms with van der Waals surface area (Å²) in [6.07, 6.45) is 0.882. The maximum atomic E-state index is 11.3. The van der Waals surface area contributed by atoms with E-state index in [9.17, 15) is 9.90 Å². The third-order valence-corrected chi connectivity index (χ3v) is 3.34. The Kier molecular flexibility index (Phi) is 4.20. The first-order valence-corrected chi connectivity index (χ1v) is 6.50. The highest BCUT2D eigenvalue weighted by Crippen LogP contribution is 2.21. The van der Waals surface area contributed by atoms with E-state index in [0.717, 1.165) is 30.8 Å². The highest BCUT2D eigenvalue weighted by atomic mass is 16.3. The zero-order chi connectivity index (χ0) is 13.0. The predicted octanol–water partition coefficient (Wildman–Crippen LogP) is 1.46. The van der Waals surface area contributed by atoms with Gasteiger partial charge in [-0.25, -0.2) is 0 Å². The van der Waals surface area contributed by atoms with Crippen LogP contribution in [0.15, 0.2) is 24.3 Å². The molecular formula is C14H20N2O2. The lowest BCUT2D eigenvalue weighted by atomic mass is 10.1. The van der Waals surface area contributed by atoms with Crippen molar-refractivity contribution in [1.29, 1.82) is 0 Å². The van der Waals surface area contributed by atoms with Crippen molar-refractivity contribution in [2.24, 2.45) is 0 Å². The Morgan fingerprint density at radius 2 is 2.06 bits per heavy atom. The molecule has 1 aromatic rings. The van der Waals surface area contributed by atoms with Crippen LogP contribution in [0, 0.1) is 0 Å². The van der Waals surface area contributed by atoms with E-state index in [1.54, 1.807) is 0 Å². The number of carbonyl (C=O) groups excluding carboxylic acids is 1. The Hall–Kier alpha value is -1.55.